The number of ether oxygens (including phenoxy) is 5. The van der Waals surface area contributed by atoms with Crippen molar-refractivity contribution in [1.82, 2.24) is 0 Å². The molecule has 1 N–H and O–H groups in total. The molecule has 6 atom stereocenters. The second-order valence-electron chi connectivity index (χ2n) is 6.39. The van der Waals surface area contributed by atoms with Crippen molar-refractivity contribution in [1.29, 1.82) is 0 Å². The molecule has 136 valence electrons. The Bertz CT molecular complexity index is 467. The van der Waals surface area contributed by atoms with Gasteiger partial charge in [-0.25, -0.2) is 0 Å². The lowest BCUT2D eigenvalue weighted by Crippen LogP contribution is -2.41. The Morgan fingerprint density at radius 2 is 1.79 bits per heavy atom. The molecule has 3 fully saturated rings. The number of hydrogen-bond acceptors (Lipinski definition) is 8. The molecule has 3 rings (SSSR count). The van der Waals surface area contributed by atoms with Crippen LogP contribution in [0.4, 0.5) is 0 Å². The average molecular weight is 344 g/mol. The largest absolute Gasteiger partial charge is 0.463 e. The zero-order valence-electron chi connectivity index (χ0n) is 13.7. The van der Waals surface area contributed by atoms with E-state index in [4.69, 9.17) is 23.7 Å². The van der Waals surface area contributed by atoms with Crippen LogP contribution in [0.5, 0.6) is 0 Å². The molecular weight excluding hydrogens is 320 g/mol. The number of esters is 2. The van der Waals surface area contributed by atoms with Crippen LogP contribution in [0.2, 0.25) is 0 Å². The summed E-state index contributed by atoms with van der Waals surface area (Å²) in [6, 6.07) is 0. The predicted molar refractivity (Wildman–Crippen MR) is 78.9 cm³/mol. The van der Waals surface area contributed by atoms with Gasteiger partial charge in [0.05, 0.1) is 51.0 Å². The normalized spacial score (nSPS) is 36.2. The lowest BCUT2D eigenvalue weighted by Gasteiger charge is -2.26. The van der Waals surface area contributed by atoms with Gasteiger partial charge in [-0.15, -0.1) is 0 Å². The van der Waals surface area contributed by atoms with Crippen LogP contribution in [-0.2, 0) is 33.3 Å². The van der Waals surface area contributed by atoms with Gasteiger partial charge in [0.15, 0.2) is 0 Å². The van der Waals surface area contributed by atoms with Crippen molar-refractivity contribution in [2.75, 3.05) is 46.8 Å². The van der Waals surface area contributed by atoms with Crippen LogP contribution in [0, 0.1) is 23.7 Å². The van der Waals surface area contributed by atoms with Gasteiger partial charge in [-0.1, -0.05) is 0 Å². The molecule has 0 aromatic rings. The molecule has 1 saturated heterocycles. The third-order valence-corrected chi connectivity index (χ3v) is 5.12. The minimum absolute atomic E-state index is 0.0458. The first-order valence-electron chi connectivity index (χ1n) is 8.34. The monoisotopic (exact) mass is 344 g/mol. The summed E-state index contributed by atoms with van der Waals surface area (Å²) in [5, 5.41) is 10.1. The standard InChI is InChI=1S/C16H24O8/c1-20-2-3-21-4-5-22-6-7-23-15(18)11-9-8-10-12(11)16(19)24-14(10)13(9)17/h9-14,17H,2-8H2,1H3. The Balaban J connectivity index is 1.34. The maximum Gasteiger partial charge on any atom is 0.310 e. The summed E-state index contributed by atoms with van der Waals surface area (Å²) in [6.45, 7) is 2.29. The first-order chi connectivity index (χ1) is 11.6. The van der Waals surface area contributed by atoms with Gasteiger partial charge >= 0.3 is 11.9 Å². The van der Waals surface area contributed by atoms with Crippen LogP contribution < -0.4 is 0 Å². The van der Waals surface area contributed by atoms with Crippen molar-refractivity contribution in [3.8, 4) is 0 Å². The lowest BCUT2D eigenvalue weighted by molar-refractivity contribution is -0.157. The van der Waals surface area contributed by atoms with Crippen molar-refractivity contribution >= 4 is 11.9 Å². The Kier molecular flexibility index (Phi) is 5.70. The molecule has 2 bridgehead atoms. The van der Waals surface area contributed by atoms with Crippen LogP contribution >= 0.6 is 0 Å². The number of hydrogen-bond donors (Lipinski definition) is 1. The number of fused-ring (bicyclic) bond motifs is 1. The molecule has 0 spiro atoms. The highest BCUT2D eigenvalue weighted by Crippen LogP contribution is 2.57. The van der Waals surface area contributed by atoms with Crippen molar-refractivity contribution in [2.24, 2.45) is 23.7 Å². The predicted octanol–water partition coefficient (Wildman–Crippen LogP) is -0.622. The van der Waals surface area contributed by atoms with Crippen molar-refractivity contribution in [2.45, 2.75) is 18.6 Å². The van der Waals surface area contributed by atoms with Crippen LogP contribution in [0.25, 0.3) is 0 Å². The summed E-state index contributed by atoms with van der Waals surface area (Å²) in [5.74, 6) is -2.14. The fourth-order valence-corrected chi connectivity index (χ4v) is 4.10. The molecule has 0 aromatic carbocycles. The fraction of sp³-hybridized carbons (Fsp3) is 0.875. The molecular formula is C16H24O8. The zero-order valence-corrected chi connectivity index (χ0v) is 13.7. The maximum atomic E-state index is 12.3. The highest BCUT2D eigenvalue weighted by Gasteiger charge is 2.68. The van der Waals surface area contributed by atoms with E-state index in [1.165, 1.54) is 0 Å². The molecule has 1 aliphatic heterocycles. The van der Waals surface area contributed by atoms with Gasteiger partial charge in [0.25, 0.3) is 0 Å². The number of aliphatic hydroxyl groups excluding tert-OH is 1. The van der Waals surface area contributed by atoms with Crippen molar-refractivity contribution in [3.63, 3.8) is 0 Å². The molecule has 0 amide bonds. The smallest absolute Gasteiger partial charge is 0.310 e. The van der Waals surface area contributed by atoms with Gasteiger partial charge < -0.3 is 28.8 Å². The number of carbonyl (C=O) groups excluding carboxylic acids is 2. The topological polar surface area (TPSA) is 101 Å². The van der Waals surface area contributed by atoms with E-state index in [0.717, 1.165) is 0 Å². The third-order valence-electron chi connectivity index (χ3n) is 5.12. The quantitative estimate of drug-likeness (QED) is 0.413. The molecule has 8 heteroatoms. The van der Waals surface area contributed by atoms with Gasteiger partial charge in [-0.3, -0.25) is 9.59 Å². The molecule has 2 saturated carbocycles. The van der Waals surface area contributed by atoms with Crippen molar-refractivity contribution in [3.05, 3.63) is 0 Å². The zero-order chi connectivity index (χ0) is 17.1. The van der Waals surface area contributed by atoms with Crippen LogP contribution in [0.15, 0.2) is 0 Å². The summed E-state index contributed by atoms with van der Waals surface area (Å²) in [4.78, 5) is 24.2. The van der Waals surface area contributed by atoms with E-state index in [1.807, 2.05) is 0 Å². The van der Waals surface area contributed by atoms with E-state index >= 15 is 0 Å². The first kappa shape index (κ1) is 17.6. The summed E-state index contributed by atoms with van der Waals surface area (Å²) >= 11 is 0. The number of rotatable bonds is 10. The van der Waals surface area contributed by atoms with E-state index in [-0.39, 0.29) is 31.0 Å². The maximum absolute atomic E-state index is 12.3. The number of carbonyl (C=O) groups is 2. The van der Waals surface area contributed by atoms with Crippen LogP contribution in [0.1, 0.15) is 6.42 Å². The summed E-state index contributed by atoms with van der Waals surface area (Å²) in [5.41, 5.74) is 0. The molecule has 24 heavy (non-hydrogen) atoms. The van der Waals surface area contributed by atoms with Gasteiger partial charge in [0, 0.05) is 18.9 Å². The van der Waals surface area contributed by atoms with Crippen molar-refractivity contribution < 1.29 is 38.4 Å². The van der Waals surface area contributed by atoms with Gasteiger partial charge in [0.1, 0.15) is 12.7 Å². The van der Waals surface area contributed by atoms with E-state index in [0.29, 0.717) is 32.8 Å². The Morgan fingerprint density at radius 1 is 1.12 bits per heavy atom. The van der Waals surface area contributed by atoms with Gasteiger partial charge in [0.2, 0.25) is 0 Å². The number of aliphatic hydroxyl groups is 1. The molecule has 6 unspecified atom stereocenters. The minimum Gasteiger partial charge on any atom is -0.463 e. The highest BCUT2D eigenvalue weighted by molar-refractivity contribution is 5.86. The minimum atomic E-state index is -0.754. The molecule has 0 aromatic heterocycles. The lowest BCUT2D eigenvalue weighted by atomic mass is 9.78. The molecule has 8 nitrogen and oxygen atoms in total. The third kappa shape index (κ3) is 3.28. The fourth-order valence-electron chi connectivity index (χ4n) is 4.10. The summed E-state index contributed by atoms with van der Waals surface area (Å²) in [7, 11) is 1.61. The molecule has 2 aliphatic carbocycles. The molecule has 3 aliphatic rings. The Morgan fingerprint density at radius 3 is 2.50 bits per heavy atom. The Hall–Kier alpha value is -1.22. The molecule has 1 heterocycles. The average Bonchev–Trinajstić information content (AvgIpc) is 3.17. The summed E-state index contributed by atoms with van der Waals surface area (Å²) < 4.78 is 25.8. The van der Waals surface area contributed by atoms with Gasteiger partial charge in [-0.2, -0.15) is 0 Å². The van der Waals surface area contributed by atoms with E-state index in [9.17, 15) is 14.7 Å². The SMILES string of the molecule is COCCOCCOCCOC(=O)C1C2CC3C(OC(=O)C31)C2O. The van der Waals surface area contributed by atoms with Gasteiger partial charge in [-0.05, 0) is 6.42 Å². The van der Waals surface area contributed by atoms with E-state index in [2.05, 4.69) is 0 Å². The van der Waals surface area contributed by atoms with Crippen LogP contribution in [-0.4, -0.2) is 76.0 Å². The highest BCUT2D eigenvalue weighted by atomic mass is 16.6. The number of methoxy groups -OCH3 is 1. The van der Waals surface area contributed by atoms with Crippen LogP contribution in [0.3, 0.4) is 0 Å². The van der Waals surface area contributed by atoms with E-state index < -0.39 is 30.0 Å². The Labute approximate surface area is 140 Å². The first-order valence-corrected chi connectivity index (χ1v) is 8.34. The van der Waals surface area contributed by atoms with E-state index in [1.54, 1.807) is 7.11 Å². The molecule has 0 radical (unpaired) electrons. The summed E-state index contributed by atoms with van der Waals surface area (Å²) in [6.07, 6.45) is -0.536. The second kappa shape index (κ2) is 7.77. The second-order valence-corrected chi connectivity index (χ2v) is 6.39.